The summed E-state index contributed by atoms with van der Waals surface area (Å²) in [5.74, 6) is -3.83. The summed E-state index contributed by atoms with van der Waals surface area (Å²) < 4.78 is 5.59. The Morgan fingerprint density at radius 3 is 1.58 bits per heavy atom. The Hall–Kier alpha value is -8.25. The Kier molecular flexibility index (Phi) is 17.1. The normalized spacial score (nSPS) is 11.4. The summed E-state index contributed by atoms with van der Waals surface area (Å²) >= 11 is 14.8. The van der Waals surface area contributed by atoms with Crippen LogP contribution in [-0.2, 0) is 26.2 Å². The first-order valence-electron chi connectivity index (χ1n) is 23.3. The van der Waals surface area contributed by atoms with E-state index in [1.807, 2.05) is 12.1 Å². The highest BCUT2D eigenvalue weighted by molar-refractivity contribution is 7.16. The van der Waals surface area contributed by atoms with Crippen molar-refractivity contribution in [3.05, 3.63) is 165 Å². The van der Waals surface area contributed by atoms with Gasteiger partial charge >= 0.3 is 11.9 Å². The number of hydrogen-bond donors (Lipinski definition) is 4. The number of nitrogens with zero attached hydrogens (tertiary/aromatic N) is 9. The highest BCUT2D eigenvalue weighted by Gasteiger charge is 2.32. The molecular weight excluding hydrogens is 1070 g/mol. The van der Waals surface area contributed by atoms with Crippen molar-refractivity contribution in [1.82, 2.24) is 43.6 Å². The van der Waals surface area contributed by atoms with Gasteiger partial charge in [-0.15, -0.1) is 22.7 Å². The third-order valence-corrected chi connectivity index (χ3v) is 13.7. The number of carboxylic acid groups (broad SMARTS) is 2. The Morgan fingerprint density at radius 1 is 0.610 bits per heavy atom. The van der Waals surface area contributed by atoms with E-state index in [4.69, 9.17) is 23.2 Å². The predicted molar refractivity (Wildman–Crippen MR) is 291 cm³/mol. The number of carbonyl (C=O) groups is 6. The molecule has 8 rings (SSSR count). The third kappa shape index (κ3) is 13.2. The second-order valence-electron chi connectivity index (χ2n) is 19.1. The van der Waals surface area contributed by atoms with Crippen LogP contribution < -0.4 is 21.8 Å². The van der Waals surface area contributed by atoms with Crippen molar-refractivity contribution in [1.29, 1.82) is 0 Å². The molecule has 0 aliphatic rings. The molecule has 77 heavy (non-hydrogen) atoms. The number of carboxylic acids is 2. The molecule has 0 saturated heterocycles. The second-order valence-corrected chi connectivity index (χ2v) is 22.7. The first-order chi connectivity index (χ1) is 36.3. The van der Waals surface area contributed by atoms with E-state index >= 15 is 0 Å². The lowest BCUT2D eigenvalue weighted by atomic mass is 9.96. The molecule has 8 heterocycles. The zero-order valence-corrected chi connectivity index (χ0v) is 45.5. The first kappa shape index (κ1) is 56.5. The van der Waals surface area contributed by atoms with Crippen LogP contribution in [0.4, 0.5) is 11.6 Å². The van der Waals surface area contributed by atoms with Gasteiger partial charge < -0.3 is 20.8 Å². The topological polar surface area (TPSA) is 285 Å². The van der Waals surface area contributed by atoms with Crippen molar-refractivity contribution in [3.63, 3.8) is 0 Å². The van der Waals surface area contributed by atoms with Crippen LogP contribution >= 0.6 is 45.9 Å². The Bertz CT molecular complexity index is 3700. The van der Waals surface area contributed by atoms with E-state index in [1.54, 1.807) is 65.8 Å². The van der Waals surface area contributed by atoms with Crippen LogP contribution in [0.1, 0.15) is 108 Å². The van der Waals surface area contributed by atoms with Gasteiger partial charge in [0.2, 0.25) is 11.6 Å². The van der Waals surface area contributed by atoms with Gasteiger partial charge in [-0.2, -0.15) is 19.6 Å². The monoisotopic (exact) mass is 1120 g/mol. The van der Waals surface area contributed by atoms with Crippen molar-refractivity contribution in [2.45, 2.75) is 74.6 Å². The fraction of sp³-hybridized carbons (Fsp3) is 0.250. The van der Waals surface area contributed by atoms with E-state index in [9.17, 15) is 48.6 Å². The lowest BCUT2D eigenvalue weighted by molar-refractivity contribution is 0.0685. The minimum atomic E-state index is -1.33. The number of aromatic nitrogens is 9. The molecule has 21 nitrogen and oxygen atoms in total. The van der Waals surface area contributed by atoms with Gasteiger partial charge in [-0.25, -0.2) is 14.6 Å². The molecule has 0 bridgehead atoms. The number of Topliss-reactive ketones (excluding diaryl/α,β-unsaturated/α-hetero) is 2. The van der Waals surface area contributed by atoms with Crippen molar-refractivity contribution >= 4 is 92.8 Å². The minimum absolute atomic E-state index is 0.0106. The molecular formula is C52H49Cl2N11O10S2. The summed E-state index contributed by atoms with van der Waals surface area (Å²) in [6.07, 6.45) is 5.44. The maximum absolute atomic E-state index is 13.3. The van der Waals surface area contributed by atoms with Crippen molar-refractivity contribution < 1.29 is 39.0 Å². The molecule has 398 valence electrons. The van der Waals surface area contributed by atoms with Gasteiger partial charge in [-0.05, 0) is 55.0 Å². The fourth-order valence-electron chi connectivity index (χ4n) is 7.50. The van der Waals surface area contributed by atoms with Gasteiger partial charge in [0.15, 0.2) is 0 Å². The molecule has 8 aromatic rings. The van der Waals surface area contributed by atoms with Crippen molar-refractivity contribution in [2.75, 3.05) is 10.6 Å². The molecule has 0 unspecified atom stereocenters. The van der Waals surface area contributed by atoms with E-state index in [1.165, 1.54) is 72.6 Å². The van der Waals surface area contributed by atoms with Crippen LogP contribution in [0.15, 0.2) is 107 Å². The molecule has 0 aliphatic heterocycles. The number of anilines is 2. The standard InChI is InChI=1S/C27H26ClN5O5S.C25H23ClN6O5S/c1-15-11-22(35)32(14-19(34)17-7-5-6-10-29-17)24(23(15)25(36)37)18-12-21(30-13-16-8-9-20(28)39-16)33(31-18)26(38)27(2,3)4;1-25(2,3)24(37)32-20(29-11-14-4-6-19(26)38-14)10-16(30-32)22-15(23(35)36)5-7-21(34)31(22)13-18(33)17-12-27-8-9-28-17/h5-12,30H,13-14H2,1-4H3,(H,36,37);4-10,12,29H,11,13H2,1-3H3,(H,35,36). The number of thiophene rings is 2. The number of ketones is 2. The summed E-state index contributed by atoms with van der Waals surface area (Å²) in [4.78, 5) is 117. The Labute approximate surface area is 456 Å². The SMILES string of the molecule is CC(C)(C)C(=O)n1nc(-c2c(C(=O)O)ccc(=O)n2CC(=O)c2cnccn2)cc1NCc1ccc(Cl)s1.Cc1cc(=O)n(CC(=O)c2ccccn2)c(-c2cc(NCc3ccc(Cl)s3)n(C(=O)C(C)(C)C)n2)c1C(=O)O. The molecule has 0 amide bonds. The number of pyridine rings is 3. The van der Waals surface area contributed by atoms with E-state index < -0.39 is 58.5 Å². The molecule has 0 fully saturated rings. The van der Waals surface area contributed by atoms with E-state index in [0.717, 1.165) is 46.5 Å². The maximum atomic E-state index is 13.3. The van der Waals surface area contributed by atoms with E-state index in [2.05, 4.69) is 35.8 Å². The fourth-order valence-corrected chi connectivity index (χ4v) is 9.56. The van der Waals surface area contributed by atoms with Gasteiger partial charge in [0.05, 0.1) is 63.6 Å². The summed E-state index contributed by atoms with van der Waals surface area (Å²) in [5, 5.41) is 35.2. The predicted octanol–water partition coefficient (Wildman–Crippen LogP) is 9.11. The summed E-state index contributed by atoms with van der Waals surface area (Å²) in [6.45, 7) is 11.5. The Morgan fingerprint density at radius 2 is 1.13 bits per heavy atom. The maximum Gasteiger partial charge on any atom is 0.338 e. The second kappa shape index (κ2) is 23.3. The average molecular weight is 1120 g/mol. The largest absolute Gasteiger partial charge is 0.478 e. The Balaban J connectivity index is 0.000000224. The molecule has 0 aliphatic carbocycles. The minimum Gasteiger partial charge on any atom is -0.478 e. The lowest BCUT2D eigenvalue weighted by Gasteiger charge is -2.18. The van der Waals surface area contributed by atoms with Crippen LogP contribution in [0, 0.1) is 17.8 Å². The number of rotatable bonds is 16. The van der Waals surface area contributed by atoms with Gasteiger partial charge in [0, 0.05) is 63.4 Å². The molecule has 25 heteroatoms. The van der Waals surface area contributed by atoms with Gasteiger partial charge in [0.25, 0.3) is 22.9 Å². The number of nitrogens with one attached hydrogen (secondary N) is 2. The van der Waals surface area contributed by atoms with Crippen molar-refractivity contribution in [2.24, 2.45) is 10.8 Å². The molecule has 0 saturated carbocycles. The van der Waals surface area contributed by atoms with Crippen LogP contribution in [-0.4, -0.2) is 89.2 Å². The molecule has 4 N–H and O–H groups in total. The third-order valence-electron chi connectivity index (χ3n) is 11.3. The molecule has 8 aromatic heterocycles. The molecule has 0 spiro atoms. The summed E-state index contributed by atoms with van der Waals surface area (Å²) in [6, 6.07) is 18.3. The first-order valence-corrected chi connectivity index (χ1v) is 25.7. The highest BCUT2D eigenvalue weighted by Crippen LogP contribution is 2.32. The molecule has 0 atom stereocenters. The van der Waals surface area contributed by atoms with Gasteiger partial charge in [-0.3, -0.25) is 47.9 Å². The summed E-state index contributed by atoms with van der Waals surface area (Å²) in [7, 11) is 0. The van der Waals surface area contributed by atoms with E-state index in [0.29, 0.717) is 27.6 Å². The number of aromatic carboxylic acids is 2. The summed E-state index contributed by atoms with van der Waals surface area (Å²) in [5.41, 5.74) is -3.14. The van der Waals surface area contributed by atoms with Crippen LogP contribution in [0.25, 0.3) is 22.8 Å². The smallest absolute Gasteiger partial charge is 0.338 e. The van der Waals surface area contributed by atoms with Crippen LogP contribution in [0.5, 0.6) is 0 Å². The quantitative estimate of drug-likeness (QED) is 0.0656. The van der Waals surface area contributed by atoms with Crippen LogP contribution in [0.3, 0.4) is 0 Å². The molecule has 0 radical (unpaired) electrons. The molecule has 0 aromatic carbocycles. The van der Waals surface area contributed by atoms with Crippen LogP contribution in [0.2, 0.25) is 8.67 Å². The number of hydrogen-bond acceptors (Lipinski definition) is 17. The number of aryl methyl sites for hydroxylation is 1. The van der Waals surface area contributed by atoms with Crippen molar-refractivity contribution in [3.8, 4) is 22.8 Å². The average Bonchev–Trinajstić information content (AvgIpc) is 4.23. The highest BCUT2D eigenvalue weighted by atomic mass is 35.5. The van der Waals surface area contributed by atoms with E-state index in [-0.39, 0.29) is 68.5 Å². The van der Waals surface area contributed by atoms with Gasteiger partial charge in [0.1, 0.15) is 34.4 Å². The number of carbonyl (C=O) groups excluding carboxylic acids is 4. The number of halogens is 2. The lowest BCUT2D eigenvalue weighted by Crippen LogP contribution is -2.30. The van der Waals surface area contributed by atoms with Gasteiger partial charge in [-0.1, -0.05) is 70.8 Å². The zero-order chi connectivity index (χ0) is 56.1. The zero-order valence-electron chi connectivity index (χ0n) is 42.3.